The first kappa shape index (κ1) is 13.9. The average Bonchev–Trinajstić information content (AvgIpc) is 2.26. The summed E-state index contributed by atoms with van der Waals surface area (Å²) in [5, 5.41) is 11.1. The van der Waals surface area contributed by atoms with Gasteiger partial charge in [-0.1, -0.05) is 0 Å². The zero-order valence-electron chi connectivity index (χ0n) is 8.29. The van der Waals surface area contributed by atoms with Crippen molar-refractivity contribution in [3.05, 3.63) is 10.8 Å². The van der Waals surface area contributed by atoms with E-state index in [0.717, 1.165) is 6.33 Å². The Bertz CT molecular complexity index is 388. The number of nitrogens with two attached hydrogens (primary N) is 1. The smallest absolute Gasteiger partial charge is 0.382 e. The van der Waals surface area contributed by atoms with Gasteiger partial charge in [-0.15, -0.1) is 0 Å². The maximum absolute atomic E-state index is 12.0. The molecule has 0 spiro atoms. The number of hydrogen-bond acceptors (Lipinski definition) is 6. The fourth-order valence-corrected chi connectivity index (χ4v) is 1.36. The fourth-order valence-electron chi connectivity index (χ4n) is 0.903. The molecule has 6 nitrogen and oxygen atoms in total. The van der Waals surface area contributed by atoms with Crippen molar-refractivity contribution >= 4 is 27.6 Å². The lowest BCUT2D eigenvalue weighted by atomic mass is 10.3. The number of nitrogens with one attached hydrogen (secondary N) is 2. The lowest BCUT2D eigenvalue weighted by molar-refractivity contribution is -0.198. The zero-order valence-corrected chi connectivity index (χ0v) is 9.88. The number of hydrogen-bond donors (Lipinski definition) is 4. The Labute approximate surface area is 103 Å². The van der Waals surface area contributed by atoms with Gasteiger partial charge in [-0.05, 0) is 15.9 Å². The van der Waals surface area contributed by atoms with E-state index >= 15 is 0 Å². The second-order valence-electron chi connectivity index (χ2n) is 2.97. The predicted octanol–water partition coefficient (Wildman–Crippen LogP) is 0.860. The van der Waals surface area contributed by atoms with E-state index in [-0.39, 0.29) is 16.1 Å². The Kier molecular flexibility index (Phi) is 4.48. The zero-order chi connectivity index (χ0) is 13.1. The minimum atomic E-state index is -4.68. The number of alkyl halides is 3. The van der Waals surface area contributed by atoms with Crippen molar-refractivity contribution in [2.75, 3.05) is 17.3 Å². The summed E-state index contributed by atoms with van der Waals surface area (Å²) in [6.45, 7) is -0.719. The number of anilines is 2. The molecule has 96 valence electrons. The summed E-state index contributed by atoms with van der Waals surface area (Å²) >= 11 is 3.05. The number of hydrazine groups is 1. The van der Waals surface area contributed by atoms with Crippen LogP contribution in [0.5, 0.6) is 0 Å². The van der Waals surface area contributed by atoms with Crippen LogP contribution in [0.2, 0.25) is 0 Å². The summed E-state index contributed by atoms with van der Waals surface area (Å²) in [5.74, 6) is 5.42. The summed E-state index contributed by atoms with van der Waals surface area (Å²) < 4.78 is 36.4. The third-order valence-corrected chi connectivity index (χ3v) is 2.52. The molecule has 0 bridgehead atoms. The van der Waals surface area contributed by atoms with Crippen LogP contribution in [0.3, 0.4) is 0 Å². The normalized spacial score (nSPS) is 13.3. The van der Waals surface area contributed by atoms with Gasteiger partial charge < -0.3 is 15.8 Å². The molecule has 1 rings (SSSR count). The van der Waals surface area contributed by atoms with Gasteiger partial charge in [-0.2, -0.15) is 13.2 Å². The highest BCUT2D eigenvalue weighted by Crippen LogP contribution is 2.26. The highest BCUT2D eigenvalue weighted by atomic mass is 79.9. The van der Waals surface area contributed by atoms with Gasteiger partial charge in [0.1, 0.15) is 16.6 Å². The van der Waals surface area contributed by atoms with Crippen LogP contribution in [0.15, 0.2) is 10.8 Å². The second-order valence-corrected chi connectivity index (χ2v) is 3.76. The molecule has 0 aliphatic rings. The van der Waals surface area contributed by atoms with Crippen LogP contribution in [-0.2, 0) is 0 Å². The Balaban J connectivity index is 2.70. The average molecular weight is 316 g/mol. The molecule has 1 atom stereocenters. The molecule has 0 amide bonds. The Morgan fingerprint density at radius 3 is 2.53 bits per heavy atom. The molecule has 0 fully saturated rings. The summed E-state index contributed by atoms with van der Waals surface area (Å²) in [5.41, 5.74) is 2.23. The number of rotatable bonds is 4. The summed E-state index contributed by atoms with van der Waals surface area (Å²) in [7, 11) is 0. The van der Waals surface area contributed by atoms with E-state index < -0.39 is 18.8 Å². The SMILES string of the molecule is NNc1ncnc(NCC(O)C(F)(F)F)c1Br. The van der Waals surface area contributed by atoms with Crippen molar-refractivity contribution in [1.82, 2.24) is 9.97 Å². The third kappa shape index (κ3) is 3.68. The molecule has 1 unspecified atom stereocenters. The lowest BCUT2D eigenvalue weighted by Crippen LogP contribution is -2.35. The van der Waals surface area contributed by atoms with E-state index in [1.165, 1.54) is 0 Å². The quantitative estimate of drug-likeness (QED) is 0.486. The van der Waals surface area contributed by atoms with E-state index in [4.69, 9.17) is 10.9 Å². The number of halogens is 4. The maximum Gasteiger partial charge on any atom is 0.416 e. The summed E-state index contributed by atoms with van der Waals surface area (Å²) in [6.07, 6.45) is -6.04. The van der Waals surface area contributed by atoms with Crippen molar-refractivity contribution in [2.45, 2.75) is 12.3 Å². The standard InChI is InChI=1S/C7H9BrF3N5O/c8-4-5(14-2-15-6(4)16-12)13-1-3(17)7(9,10)11/h2-3,17H,1,12H2,(H2,13,14,15,16). The highest BCUT2D eigenvalue weighted by molar-refractivity contribution is 9.10. The Morgan fingerprint density at radius 1 is 1.41 bits per heavy atom. The van der Waals surface area contributed by atoms with Crippen LogP contribution in [0.25, 0.3) is 0 Å². The van der Waals surface area contributed by atoms with Gasteiger partial charge >= 0.3 is 6.18 Å². The Morgan fingerprint density at radius 2 is 2.00 bits per heavy atom. The molecule has 5 N–H and O–H groups in total. The molecule has 1 aromatic heterocycles. The van der Waals surface area contributed by atoms with E-state index in [9.17, 15) is 13.2 Å². The number of aromatic nitrogens is 2. The molecule has 10 heteroatoms. The van der Waals surface area contributed by atoms with E-state index in [0.29, 0.717) is 0 Å². The number of aliphatic hydroxyl groups excluding tert-OH is 1. The molecule has 17 heavy (non-hydrogen) atoms. The summed E-state index contributed by atoms with van der Waals surface area (Å²) in [4.78, 5) is 7.41. The van der Waals surface area contributed by atoms with E-state index in [2.05, 4.69) is 36.6 Å². The Hall–Kier alpha value is -1.13. The molecule has 0 saturated carbocycles. The first-order valence-electron chi connectivity index (χ1n) is 4.32. The minimum Gasteiger partial charge on any atom is -0.382 e. The molecule has 1 aromatic rings. The maximum atomic E-state index is 12.0. The van der Waals surface area contributed by atoms with Gasteiger partial charge in [0.05, 0.1) is 6.54 Å². The topological polar surface area (TPSA) is 96.1 Å². The van der Waals surface area contributed by atoms with Crippen molar-refractivity contribution in [2.24, 2.45) is 5.84 Å². The second kappa shape index (κ2) is 5.47. The third-order valence-electron chi connectivity index (χ3n) is 1.77. The van der Waals surface area contributed by atoms with Gasteiger partial charge in [0.15, 0.2) is 11.9 Å². The van der Waals surface area contributed by atoms with Crippen LogP contribution in [0.4, 0.5) is 24.8 Å². The van der Waals surface area contributed by atoms with Crippen LogP contribution < -0.4 is 16.6 Å². The first-order chi connectivity index (χ1) is 7.86. The molecule has 0 radical (unpaired) electrons. The minimum absolute atomic E-state index is 0.0938. The molecule has 1 heterocycles. The predicted molar refractivity (Wildman–Crippen MR) is 58.1 cm³/mol. The number of nitrogen functional groups attached to an aromatic ring is 1. The fraction of sp³-hybridized carbons (Fsp3) is 0.429. The van der Waals surface area contributed by atoms with Gasteiger partial charge in [0, 0.05) is 0 Å². The molecular weight excluding hydrogens is 307 g/mol. The molecule has 0 aromatic carbocycles. The monoisotopic (exact) mass is 315 g/mol. The van der Waals surface area contributed by atoms with Gasteiger partial charge in [0.25, 0.3) is 0 Å². The lowest BCUT2D eigenvalue weighted by Gasteiger charge is -2.16. The van der Waals surface area contributed by atoms with E-state index in [1.807, 2.05) is 0 Å². The molecular formula is C7H9BrF3N5O. The number of aliphatic hydroxyl groups is 1. The van der Waals surface area contributed by atoms with E-state index in [1.54, 1.807) is 0 Å². The molecule has 0 aliphatic heterocycles. The highest BCUT2D eigenvalue weighted by Gasteiger charge is 2.38. The van der Waals surface area contributed by atoms with Crippen LogP contribution in [0.1, 0.15) is 0 Å². The first-order valence-corrected chi connectivity index (χ1v) is 5.11. The molecule has 0 saturated heterocycles. The van der Waals surface area contributed by atoms with Crippen LogP contribution in [-0.4, -0.2) is 33.9 Å². The number of nitrogens with zero attached hydrogens (tertiary/aromatic N) is 2. The van der Waals surface area contributed by atoms with Crippen LogP contribution in [0, 0.1) is 0 Å². The van der Waals surface area contributed by atoms with Crippen molar-refractivity contribution in [1.29, 1.82) is 0 Å². The van der Waals surface area contributed by atoms with Crippen molar-refractivity contribution in [3.63, 3.8) is 0 Å². The van der Waals surface area contributed by atoms with Crippen molar-refractivity contribution < 1.29 is 18.3 Å². The van der Waals surface area contributed by atoms with Gasteiger partial charge in [0.2, 0.25) is 0 Å². The molecule has 0 aliphatic carbocycles. The van der Waals surface area contributed by atoms with Gasteiger partial charge in [-0.3, -0.25) is 0 Å². The van der Waals surface area contributed by atoms with Crippen molar-refractivity contribution in [3.8, 4) is 0 Å². The summed E-state index contributed by atoms with van der Waals surface area (Å²) in [6, 6.07) is 0. The largest absolute Gasteiger partial charge is 0.416 e. The van der Waals surface area contributed by atoms with Gasteiger partial charge in [-0.25, -0.2) is 15.8 Å². The van der Waals surface area contributed by atoms with Crippen LogP contribution >= 0.6 is 15.9 Å².